The summed E-state index contributed by atoms with van der Waals surface area (Å²) in [5.74, 6) is 0.720. The molecular weight excluding hydrogens is 432 g/mol. The lowest BCUT2D eigenvalue weighted by molar-refractivity contribution is -0.140. The lowest BCUT2D eigenvalue weighted by Crippen LogP contribution is -2.40. The number of nitrogens with zero attached hydrogens (tertiary/aromatic N) is 1. The molecule has 6 atom stereocenters. The van der Waals surface area contributed by atoms with Crippen molar-refractivity contribution in [1.29, 1.82) is 0 Å². The Morgan fingerprint density at radius 3 is 2.37 bits per heavy atom. The molecule has 2 saturated carbocycles. The molecule has 140 valence electrons. The highest BCUT2D eigenvalue weighted by atomic mass is 79.9. The number of hydrogen-bond acceptors (Lipinski definition) is 3. The molecule has 1 heterocycles. The Hall–Kier alpha value is -1.66. The van der Waals surface area contributed by atoms with E-state index in [1.165, 1.54) is 4.90 Å². The van der Waals surface area contributed by atoms with Crippen molar-refractivity contribution in [2.45, 2.75) is 12.8 Å². The van der Waals surface area contributed by atoms with Crippen LogP contribution in [0.5, 0.6) is 0 Å². The van der Waals surface area contributed by atoms with Crippen molar-refractivity contribution >= 4 is 50.9 Å². The topological polar surface area (TPSA) is 66.5 Å². The molecule has 2 bridgehead atoms. The van der Waals surface area contributed by atoms with Crippen LogP contribution in [0.25, 0.3) is 0 Å². The third kappa shape index (κ3) is 2.68. The molecule has 5 aliphatic rings. The Kier molecular flexibility index (Phi) is 3.99. The van der Waals surface area contributed by atoms with E-state index in [1.54, 1.807) is 18.2 Å². The number of allylic oxidation sites excluding steroid dienone is 2. The predicted molar refractivity (Wildman–Crippen MR) is 104 cm³/mol. The number of nitrogens with one attached hydrogen (secondary N) is 1. The van der Waals surface area contributed by atoms with Gasteiger partial charge in [0.2, 0.25) is 17.7 Å². The van der Waals surface area contributed by atoms with E-state index >= 15 is 0 Å². The predicted octanol–water partition coefficient (Wildman–Crippen LogP) is 3.48. The van der Waals surface area contributed by atoms with Crippen molar-refractivity contribution in [3.8, 4) is 0 Å². The van der Waals surface area contributed by atoms with Crippen LogP contribution >= 0.6 is 27.5 Å². The van der Waals surface area contributed by atoms with Crippen LogP contribution in [0.15, 0.2) is 34.8 Å². The molecule has 0 unspecified atom stereocenters. The van der Waals surface area contributed by atoms with Gasteiger partial charge in [-0.3, -0.25) is 19.3 Å². The van der Waals surface area contributed by atoms with Crippen LogP contribution in [-0.2, 0) is 14.4 Å². The molecule has 0 aromatic heterocycles. The van der Waals surface area contributed by atoms with Gasteiger partial charge >= 0.3 is 0 Å². The molecule has 0 radical (unpaired) electrons. The molecule has 1 aromatic rings. The second-order valence-electron chi connectivity index (χ2n) is 7.91. The summed E-state index contributed by atoms with van der Waals surface area (Å²) in [4.78, 5) is 39.4. The lowest BCUT2D eigenvalue weighted by Gasteiger charge is -2.37. The van der Waals surface area contributed by atoms with Crippen LogP contribution in [0.1, 0.15) is 12.8 Å². The van der Waals surface area contributed by atoms with E-state index in [1.807, 2.05) is 0 Å². The number of amides is 3. The third-order valence-electron chi connectivity index (χ3n) is 6.52. The largest absolute Gasteiger partial charge is 0.325 e. The quantitative estimate of drug-likeness (QED) is 0.565. The van der Waals surface area contributed by atoms with E-state index in [0.717, 1.165) is 10.9 Å². The summed E-state index contributed by atoms with van der Waals surface area (Å²) >= 11 is 9.44. The van der Waals surface area contributed by atoms with Crippen LogP contribution in [0.4, 0.5) is 5.69 Å². The van der Waals surface area contributed by atoms with E-state index in [4.69, 9.17) is 11.6 Å². The fraction of sp³-hybridized carbons (Fsp3) is 0.450. The molecular formula is C20H18BrClN2O3. The highest BCUT2D eigenvalue weighted by molar-refractivity contribution is 9.10. The number of carbonyl (C=O) groups is 3. The number of anilines is 1. The molecule has 1 N–H and O–H groups in total. The molecule has 4 aliphatic carbocycles. The molecule has 3 amide bonds. The Morgan fingerprint density at radius 2 is 1.78 bits per heavy atom. The van der Waals surface area contributed by atoms with Gasteiger partial charge in [-0.15, -0.1) is 0 Å². The van der Waals surface area contributed by atoms with Crippen LogP contribution in [0.2, 0.25) is 5.02 Å². The zero-order chi connectivity index (χ0) is 18.9. The van der Waals surface area contributed by atoms with Crippen molar-refractivity contribution in [2.24, 2.45) is 35.5 Å². The van der Waals surface area contributed by atoms with Crippen LogP contribution < -0.4 is 5.32 Å². The van der Waals surface area contributed by atoms with Gasteiger partial charge in [0.25, 0.3) is 0 Å². The maximum absolute atomic E-state index is 12.9. The van der Waals surface area contributed by atoms with Crippen molar-refractivity contribution in [1.82, 2.24) is 4.90 Å². The number of likely N-dealkylation sites (tertiary alicyclic amines) is 1. The molecule has 27 heavy (non-hydrogen) atoms. The standard InChI is InChI=1S/C20H18BrClN2O3/c21-9-1-4-15(14(22)7-9)23-16(25)5-6-24-19(26)17-10-2-3-11(13-8-12(10)13)18(17)20(24)27/h1-4,7,10-13,17-18H,5-6,8H2,(H,23,25)/t10-,11-,12-,13+,17-,18+/m1/s1. The number of carbonyl (C=O) groups excluding carboxylic acids is 3. The summed E-state index contributed by atoms with van der Waals surface area (Å²) < 4.78 is 0.822. The zero-order valence-electron chi connectivity index (χ0n) is 14.4. The Balaban J connectivity index is 1.25. The average Bonchev–Trinajstić information content (AvgIpc) is 3.41. The molecule has 3 fully saturated rings. The first-order valence-electron chi connectivity index (χ1n) is 9.24. The first-order chi connectivity index (χ1) is 13.0. The van der Waals surface area contributed by atoms with Gasteiger partial charge in [-0.1, -0.05) is 39.7 Å². The molecule has 1 saturated heterocycles. The van der Waals surface area contributed by atoms with Gasteiger partial charge in [0, 0.05) is 17.4 Å². The second kappa shape index (κ2) is 6.17. The van der Waals surface area contributed by atoms with E-state index in [2.05, 4.69) is 33.4 Å². The summed E-state index contributed by atoms with van der Waals surface area (Å²) in [6.07, 6.45) is 5.51. The van der Waals surface area contributed by atoms with Crippen molar-refractivity contribution < 1.29 is 14.4 Å². The molecule has 6 rings (SSSR count). The van der Waals surface area contributed by atoms with Gasteiger partial charge in [-0.05, 0) is 48.3 Å². The van der Waals surface area contributed by atoms with Gasteiger partial charge in [-0.2, -0.15) is 0 Å². The maximum Gasteiger partial charge on any atom is 0.233 e. The van der Waals surface area contributed by atoms with Gasteiger partial charge in [-0.25, -0.2) is 0 Å². The van der Waals surface area contributed by atoms with Crippen LogP contribution in [0, 0.1) is 35.5 Å². The number of imide groups is 1. The number of hydrogen-bond donors (Lipinski definition) is 1. The Bertz CT molecular complexity index is 865. The fourth-order valence-corrected chi connectivity index (χ4v) is 5.98. The van der Waals surface area contributed by atoms with Crippen molar-refractivity contribution in [3.63, 3.8) is 0 Å². The summed E-state index contributed by atoms with van der Waals surface area (Å²) in [5.41, 5.74) is 0.514. The highest BCUT2D eigenvalue weighted by Gasteiger charge is 2.66. The molecule has 1 aromatic carbocycles. The minimum atomic E-state index is -0.265. The van der Waals surface area contributed by atoms with Gasteiger partial charge < -0.3 is 5.32 Å². The first-order valence-corrected chi connectivity index (χ1v) is 10.4. The molecule has 0 spiro atoms. The minimum Gasteiger partial charge on any atom is -0.325 e. The first kappa shape index (κ1) is 17.4. The average molecular weight is 450 g/mol. The summed E-state index contributed by atoms with van der Waals surface area (Å²) in [5, 5.41) is 3.17. The lowest BCUT2D eigenvalue weighted by atomic mass is 9.63. The van der Waals surface area contributed by atoms with E-state index in [-0.39, 0.29) is 54.4 Å². The number of rotatable bonds is 4. The SMILES string of the molecule is O=C(CCN1C(=O)[C@@H]2[C@@H]3C=C[C@H]([C@@H]4C[C@H]34)[C@@H]2C1=O)Nc1ccc(Br)cc1Cl. The molecule has 1 aliphatic heterocycles. The smallest absolute Gasteiger partial charge is 0.233 e. The molecule has 5 nitrogen and oxygen atoms in total. The Morgan fingerprint density at radius 1 is 1.15 bits per heavy atom. The van der Waals surface area contributed by atoms with Gasteiger partial charge in [0.05, 0.1) is 22.5 Å². The minimum absolute atomic E-state index is 0.0684. The summed E-state index contributed by atoms with van der Waals surface area (Å²) in [6, 6.07) is 5.19. The second-order valence-corrected chi connectivity index (χ2v) is 9.23. The summed E-state index contributed by atoms with van der Waals surface area (Å²) in [6.45, 7) is 0.124. The van der Waals surface area contributed by atoms with E-state index in [9.17, 15) is 14.4 Å². The number of halogens is 2. The van der Waals surface area contributed by atoms with E-state index in [0.29, 0.717) is 22.5 Å². The number of benzene rings is 1. The van der Waals surface area contributed by atoms with Crippen LogP contribution in [0.3, 0.4) is 0 Å². The monoisotopic (exact) mass is 448 g/mol. The summed E-state index contributed by atoms with van der Waals surface area (Å²) in [7, 11) is 0. The van der Waals surface area contributed by atoms with E-state index < -0.39 is 0 Å². The zero-order valence-corrected chi connectivity index (χ0v) is 16.7. The Labute approximate surface area is 170 Å². The van der Waals surface area contributed by atoms with Gasteiger partial charge in [0.15, 0.2) is 0 Å². The van der Waals surface area contributed by atoms with Crippen LogP contribution in [-0.4, -0.2) is 29.2 Å². The van der Waals surface area contributed by atoms with Crippen molar-refractivity contribution in [2.75, 3.05) is 11.9 Å². The third-order valence-corrected chi connectivity index (χ3v) is 7.33. The van der Waals surface area contributed by atoms with Crippen molar-refractivity contribution in [3.05, 3.63) is 39.8 Å². The fourth-order valence-electron chi connectivity index (χ4n) is 5.26. The maximum atomic E-state index is 12.9. The molecule has 7 heteroatoms. The highest BCUT2D eigenvalue weighted by Crippen LogP contribution is 2.65. The van der Waals surface area contributed by atoms with Gasteiger partial charge in [0.1, 0.15) is 0 Å². The normalized spacial score (nSPS) is 35.3.